The van der Waals surface area contributed by atoms with E-state index < -0.39 is 29.3 Å². The van der Waals surface area contributed by atoms with Crippen LogP contribution in [0.5, 0.6) is 5.75 Å². The maximum atomic E-state index is 12.5. The van der Waals surface area contributed by atoms with Gasteiger partial charge in [0, 0.05) is 5.56 Å². The molecule has 0 aliphatic rings. The van der Waals surface area contributed by atoms with Crippen molar-refractivity contribution in [3.8, 4) is 11.4 Å². The molecule has 0 saturated carbocycles. The molecule has 2 amide bonds. The predicted molar refractivity (Wildman–Crippen MR) is 91.6 cm³/mol. The highest BCUT2D eigenvalue weighted by molar-refractivity contribution is 5.99. The molecule has 0 aliphatic heterocycles. The minimum atomic E-state index is -4.52. The van der Waals surface area contributed by atoms with Crippen LogP contribution in [0, 0.1) is 0 Å². The summed E-state index contributed by atoms with van der Waals surface area (Å²) in [6.07, 6.45) is -3.29. The number of rotatable bonds is 3. The molecule has 0 aliphatic carbocycles. The molecule has 0 spiro atoms. The fourth-order valence-electron chi connectivity index (χ4n) is 2.30. The molecule has 1 aromatic heterocycles. The molecule has 0 saturated heterocycles. The number of aromatic nitrogens is 2. The highest BCUT2D eigenvalue weighted by Gasteiger charge is 2.30. The summed E-state index contributed by atoms with van der Waals surface area (Å²) in [5, 5.41) is 13.8. The van der Waals surface area contributed by atoms with Gasteiger partial charge in [0.2, 0.25) is 0 Å². The molecule has 144 valence electrons. The smallest absolute Gasteiger partial charge is 0.416 e. The summed E-state index contributed by atoms with van der Waals surface area (Å²) < 4.78 is 38.9. The lowest BCUT2D eigenvalue weighted by molar-refractivity contribution is -0.137. The molecule has 0 radical (unpaired) electrons. The number of halogens is 3. The van der Waals surface area contributed by atoms with Crippen LogP contribution in [-0.2, 0) is 6.18 Å². The second-order valence-electron chi connectivity index (χ2n) is 5.63. The van der Waals surface area contributed by atoms with Gasteiger partial charge in [0.1, 0.15) is 0 Å². The Balaban J connectivity index is 1.66. The first-order chi connectivity index (χ1) is 13.3. The SMILES string of the molecule is O=C(NNC(=O)c1nn(-c2ccccc2)cc1O)c1ccc(C(F)(F)F)cc1. The van der Waals surface area contributed by atoms with Crippen LogP contribution in [0.4, 0.5) is 13.2 Å². The number of nitrogens with one attached hydrogen (secondary N) is 2. The summed E-state index contributed by atoms with van der Waals surface area (Å²) in [4.78, 5) is 24.1. The Bertz CT molecular complexity index is 999. The number of hydrogen-bond donors (Lipinski definition) is 3. The highest BCUT2D eigenvalue weighted by Crippen LogP contribution is 2.29. The van der Waals surface area contributed by atoms with Crippen molar-refractivity contribution < 1.29 is 27.9 Å². The highest BCUT2D eigenvalue weighted by atomic mass is 19.4. The van der Waals surface area contributed by atoms with Crippen molar-refractivity contribution in [2.75, 3.05) is 0 Å². The number of nitrogens with zero attached hydrogens (tertiary/aromatic N) is 2. The van der Waals surface area contributed by atoms with Gasteiger partial charge in [-0.25, -0.2) is 4.68 Å². The second-order valence-corrected chi connectivity index (χ2v) is 5.63. The number of benzene rings is 2. The van der Waals surface area contributed by atoms with E-state index in [4.69, 9.17) is 0 Å². The third-order valence-corrected chi connectivity index (χ3v) is 3.69. The van der Waals surface area contributed by atoms with Crippen LogP contribution < -0.4 is 10.9 Å². The third kappa shape index (κ3) is 4.11. The number of amides is 2. The van der Waals surface area contributed by atoms with Crippen molar-refractivity contribution >= 4 is 11.8 Å². The zero-order valence-corrected chi connectivity index (χ0v) is 14.1. The fraction of sp³-hybridized carbons (Fsp3) is 0.0556. The van der Waals surface area contributed by atoms with Crippen molar-refractivity contribution in [3.63, 3.8) is 0 Å². The normalized spacial score (nSPS) is 11.1. The maximum Gasteiger partial charge on any atom is 0.416 e. The molecule has 28 heavy (non-hydrogen) atoms. The average Bonchev–Trinajstić information content (AvgIpc) is 3.08. The van der Waals surface area contributed by atoms with Crippen LogP contribution in [0.1, 0.15) is 26.4 Å². The fourth-order valence-corrected chi connectivity index (χ4v) is 2.30. The van der Waals surface area contributed by atoms with Gasteiger partial charge < -0.3 is 5.11 Å². The molecular weight excluding hydrogens is 377 g/mol. The number of para-hydroxylation sites is 1. The minimum Gasteiger partial charge on any atom is -0.504 e. The zero-order valence-electron chi connectivity index (χ0n) is 14.1. The molecule has 2 aromatic carbocycles. The van der Waals surface area contributed by atoms with Crippen LogP contribution >= 0.6 is 0 Å². The van der Waals surface area contributed by atoms with E-state index in [0.29, 0.717) is 5.69 Å². The van der Waals surface area contributed by atoms with Gasteiger partial charge in [-0.05, 0) is 36.4 Å². The van der Waals surface area contributed by atoms with E-state index in [1.807, 2.05) is 0 Å². The zero-order chi connectivity index (χ0) is 20.3. The van der Waals surface area contributed by atoms with Gasteiger partial charge in [-0.2, -0.15) is 18.3 Å². The lowest BCUT2D eigenvalue weighted by Crippen LogP contribution is -2.41. The van der Waals surface area contributed by atoms with Crippen molar-refractivity contribution in [1.82, 2.24) is 20.6 Å². The molecule has 10 heteroatoms. The summed E-state index contributed by atoms with van der Waals surface area (Å²) in [5.41, 5.74) is 3.38. The van der Waals surface area contributed by atoms with Crippen LogP contribution in [0.25, 0.3) is 5.69 Å². The molecule has 3 N–H and O–H groups in total. The summed E-state index contributed by atoms with van der Waals surface area (Å²) >= 11 is 0. The summed E-state index contributed by atoms with van der Waals surface area (Å²) in [6.45, 7) is 0. The molecule has 0 bridgehead atoms. The molecule has 3 aromatic rings. The molecule has 0 atom stereocenters. The van der Waals surface area contributed by atoms with Crippen molar-refractivity contribution in [1.29, 1.82) is 0 Å². The van der Waals surface area contributed by atoms with Crippen LogP contribution in [0.15, 0.2) is 60.8 Å². The van der Waals surface area contributed by atoms with Crippen molar-refractivity contribution in [2.45, 2.75) is 6.18 Å². The van der Waals surface area contributed by atoms with Crippen molar-refractivity contribution in [3.05, 3.63) is 77.6 Å². The first kappa shape index (κ1) is 19.0. The largest absolute Gasteiger partial charge is 0.504 e. The van der Waals surface area contributed by atoms with Gasteiger partial charge >= 0.3 is 6.18 Å². The monoisotopic (exact) mass is 390 g/mol. The van der Waals surface area contributed by atoms with Crippen LogP contribution in [-0.4, -0.2) is 26.7 Å². The van der Waals surface area contributed by atoms with Gasteiger partial charge in [-0.1, -0.05) is 18.2 Å². The van der Waals surface area contributed by atoms with E-state index in [9.17, 15) is 27.9 Å². The number of carbonyl (C=O) groups excluding carboxylic acids is 2. The standard InChI is InChI=1S/C18H13F3N4O3/c19-18(20,21)12-8-6-11(7-9-12)16(27)22-23-17(28)15-14(26)10-25(24-15)13-4-2-1-3-5-13/h1-10,26H,(H,22,27)(H,23,28). The first-order valence-corrected chi connectivity index (χ1v) is 7.87. The van der Waals surface area contributed by atoms with Crippen molar-refractivity contribution in [2.24, 2.45) is 0 Å². The predicted octanol–water partition coefficient (Wildman–Crippen LogP) is 2.67. The molecule has 1 heterocycles. The van der Waals surface area contributed by atoms with E-state index in [0.717, 1.165) is 24.3 Å². The summed E-state index contributed by atoms with van der Waals surface area (Å²) in [7, 11) is 0. The summed E-state index contributed by atoms with van der Waals surface area (Å²) in [6, 6.07) is 12.2. The van der Waals surface area contributed by atoms with Gasteiger partial charge in [-0.3, -0.25) is 20.4 Å². The number of hydrazine groups is 1. The molecule has 0 unspecified atom stereocenters. The lowest BCUT2D eigenvalue weighted by atomic mass is 10.1. The third-order valence-electron chi connectivity index (χ3n) is 3.69. The minimum absolute atomic E-state index is 0.0904. The van der Waals surface area contributed by atoms with E-state index in [-0.39, 0.29) is 11.3 Å². The summed E-state index contributed by atoms with van der Waals surface area (Å²) in [5.74, 6) is -2.14. The van der Waals surface area contributed by atoms with Crippen LogP contribution in [0.2, 0.25) is 0 Å². The Morgan fingerprint density at radius 2 is 1.54 bits per heavy atom. The lowest BCUT2D eigenvalue weighted by Gasteiger charge is -2.08. The average molecular weight is 390 g/mol. The Morgan fingerprint density at radius 3 is 2.14 bits per heavy atom. The van der Waals surface area contributed by atoms with Gasteiger partial charge in [-0.15, -0.1) is 0 Å². The second kappa shape index (κ2) is 7.43. The first-order valence-electron chi connectivity index (χ1n) is 7.87. The molecule has 3 rings (SSSR count). The molecular formula is C18H13F3N4O3. The van der Waals surface area contributed by atoms with E-state index >= 15 is 0 Å². The van der Waals surface area contributed by atoms with E-state index in [2.05, 4.69) is 16.0 Å². The Kier molecular flexibility index (Phi) is 5.03. The Hall–Kier alpha value is -3.82. The van der Waals surface area contributed by atoms with Gasteiger partial charge in [0.15, 0.2) is 11.4 Å². The van der Waals surface area contributed by atoms with Gasteiger partial charge in [0.05, 0.1) is 17.4 Å². The maximum absolute atomic E-state index is 12.5. The number of carbonyl (C=O) groups is 2. The number of alkyl halides is 3. The van der Waals surface area contributed by atoms with Crippen LogP contribution in [0.3, 0.4) is 0 Å². The quantitative estimate of drug-likeness (QED) is 0.599. The Labute approximate surface area is 156 Å². The number of hydrogen-bond acceptors (Lipinski definition) is 4. The number of aromatic hydroxyl groups is 1. The molecule has 0 fully saturated rings. The molecule has 7 nitrogen and oxygen atoms in total. The Morgan fingerprint density at radius 1 is 0.929 bits per heavy atom. The van der Waals surface area contributed by atoms with E-state index in [1.165, 1.54) is 10.9 Å². The van der Waals surface area contributed by atoms with Gasteiger partial charge in [0.25, 0.3) is 11.8 Å². The van der Waals surface area contributed by atoms with E-state index in [1.54, 1.807) is 30.3 Å². The topological polar surface area (TPSA) is 96.3 Å².